The Bertz CT molecular complexity index is 1070. The number of unbranched alkanes of at least 4 members (excludes halogenated alkanes) is 1. The summed E-state index contributed by atoms with van der Waals surface area (Å²) in [6.45, 7) is 2.82. The van der Waals surface area contributed by atoms with Crippen LogP contribution in [0.4, 0.5) is 0 Å². The number of benzene rings is 2. The van der Waals surface area contributed by atoms with E-state index in [0.717, 1.165) is 24.2 Å². The highest BCUT2D eigenvalue weighted by molar-refractivity contribution is 6.50. The average Bonchev–Trinajstić information content (AvgIpc) is 2.74. The van der Waals surface area contributed by atoms with Gasteiger partial charge >= 0.3 is 0 Å². The Balaban J connectivity index is 1.90. The first kappa shape index (κ1) is 20.7. The summed E-state index contributed by atoms with van der Waals surface area (Å²) >= 11 is 6.43. The minimum atomic E-state index is -0.308. The van der Waals surface area contributed by atoms with Gasteiger partial charge in [-0.2, -0.15) is 0 Å². The van der Waals surface area contributed by atoms with Gasteiger partial charge in [0.15, 0.2) is 17.3 Å². The highest BCUT2D eigenvalue weighted by atomic mass is 35.5. The molecule has 1 N–H and O–H groups in total. The van der Waals surface area contributed by atoms with Crippen molar-refractivity contribution in [3.8, 4) is 17.2 Å². The van der Waals surface area contributed by atoms with Gasteiger partial charge in [-0.15, -0.1) is 0 Å². The molecule has 0 amide bonds. The van der Waals surface area contributed by atoms with Crippen LogP contribution in [0.3, 0.4) is 0 Å². The lowest BCUT2D eigenvalue weighted by Crippen LogP contribution is -2.11. The fourth-order valence-electron chi connectivity index (χ4n) is 2.79. The number of ether oxygens (including phenoxy) is 3. The van der Waals surface area contributed by atoms with Crippen molar-refractivity contribution < 1.29 is 14.2 Å². The molecule has 152 valence electrons. The Hall–Kier alpha value is -2.99. The number of methoxy groups -OCH3 is 2. The molecule has 0 aliphatic rings. The number of hydrogen-bond acceptors (Lipinski definition) is 5. The predicted octanol–water partition coefficient (Wildman–Crippen LogP) is 4.86. The summed E-state index contributed by atoms with van der Waals surface area (Å²) in [5.41, 5.74) is 1.03. The zero-order chi connectivity index (χ0) is 20.8. The molecule has 0 fully saturated rings. The quantitative estimate of drug-likeness (QED) is 0.533. The standard InChI is InChI=1S/C22H23ClN2O4/c1-4-5-10-29-15-8-6-14(7-9-15)11-17(23)21-24-18-13-20(28-3)19(27-2)12-16(18)22(26)25-21/h6-9,11-13H,4-5,10H2,1-3H3,(H,24,25,26)/b17-11-. The maximum atomic E-state index is 12.5. The van der Waals surface area contributed by atoms with Crippen LogP contribution in [0.5, 0.6) is 17.2 Å². The van der Waals surface area contributed by atoms with Crippen molar-refractivity contribution in [1.29, 1.82) is 0 Å². The molecule has 29 heavy (non-hydrogen) atoms. The minimum absolute atomic E-state index is 0.277. The molecular formula is C22H23ClN2O4. The average molecular weight is 415 g/mol. The third-order valence-electron chi connectivity index (χ3n) is 4.38. The molecule has 3 aromatic rings. The van der Waals surface area contributed by atoms with E-state index < -0.39 is 0 Å². The van der Waals surface area contributed by atoms with Gasteiger partial charge in [0, 0.05) is 6.07 Å². The molecule has 0 radical (unpaired) electrons. The van der Waals surface area contributed by atoms with E-state index in [4.69, 9.17) is 25.8 Å². The van der Waals surface area contributed by atoms with Gasteiger partial charge in [0.2, 0.25) is 0 Å². The Morgan fingerprint density at radius 3 is 2.48 bits per heavy atom. The highest BCUT2D eigenvalue weighted by Gasteiger charge is 2.12. The monoisotopic (exact) mass is 414 g/mol. The number of nitrogens with one attached hydrogen (secondary N) is 1. The fourth-order valence-corrected chi connectivity index (χ4v) is 3.00. The summed E-state index contributed by atoms with van der Waals surface area (Å²) in [5.74, 6) is 2.04. The minimum Gasteiger partial charge on any atom is -0.494 e. The van der Waals surface area contributed by atoms with Gasteiger partial charge in [0.05, 0.1) is 36.8 Å². The molecular weight excluding hydrogens is 392 g/mol. The molecule has 0 spiro atoms. The van der Waals surface area contributed by atoms with E-state index in [1.807, 2.05) is 24.3 Å². The van der Waals surface area contributed by atoms with Gasteiger partial charge < -0.3 is 19.2 Å². The Kier molecular flexibility index (Phi) is 6.77. The number of aromatic nitrogens is 2. The first-order valence-corrected chi connectivity index (χ1v) is 9.70. The van der Waals surface area contributed by atoms with E-state index in [1.165, 1.54) is 14.2 Å². The van der Waals surface area contributed by atoms with E-state index in [0.29, 0.717) is 34.0 Å². The van der Waals surface area contributed by atoms with Crippen LogP contribution < -0.4 is 19.8 Å². The molecule has 0 aliphatic carbocycles. The lowest BCUT2D eigenvalue weighted by atomic mass is 10.2. The lowest BCUT2D eigenvalue weighted by Gasteiger charge is -2.09. The topological polar surface area (TPSA) is 73.4 Å². The third-order valence-corrected chi connectivity index (χ3v) is 4.67. The fraction of sp³-hybridized carbons (Fsp3) is 0.273. The molecule has 0 aliphatic heterocycles. The Morgan fingerprint density at radius 1 is 1.14 bits per heavy atom. The third kappa shape index (κ3) is 4.90. The molecule has 1 aromatic heterocycles. The molecule has 0 saturated carbocycles. The van der Waals surface area contributed by atoms with Crippen LogP contribution in [-0.2, 0) is 0 Å². The maximum Gasteiger partial charge on any atom is 0.259 e. The SMILES string of the molecule is CCCCOc1ccc(/C=C(\Cl)c2nc3cc(OC)c(OC)cc3c(=O)[nH]2)cc1. The van der Waals surface area contributed by atoms with Gasteiger partial charge in [-0.1, -0.05) is 37.1 Å². The number of fused-ring (bicyclic) bond motifs is 1. The van der Waals surface area contributed by atoms with Gasteiger partial charge in [-0.25, -0.2) is 4.98 Å². The maximum absolute atomic E-state index is 12.5. The second kappa shape index (κ2) is 9.47. The number of rotatable bonds is 8. The van der Waals surface area contributed by atoms with Crippen LogP contribution >= 0.6 is 11.6 Å². The van der Waals surface area contributed by atoms with Crippen molar-refractivity contribution in [1.82, 2.24) is 9.97 Å². The zero-order valence-electron chi connectivity index (χ0n) is 16.6. The van der Waals surface area contributed by atoms with Crippen LogP contribution in [0, 0.1) is 0 Å². The molecule has 0 saturated heterocycles. The first-order valence-electron chi connectivity index (χ1n) is 9.32. The molecule has 2 aromatic carbocycles. The van der Waals surface area contributed by atoms with E-state index in [1.54, 1.807) is 18.2 Å². The van der Waals surface area contributed by atoms with Crippen molar-refractivity contribution >= 4 is 33.6 Å². The van der Waals surface area contributed by atoms with Crippen molar-refractivity contribution in [2.75, 3.05) is 20.8 Å². The van der Waals surface area contributed by atoms with Crippen LogP contribution in [0.1, 0.15) is 31.2 Å². The molecule has 0 atom stereocenters. The number of H-pyrrole nitrogens is 1. The van der Waals surface area contributed by atoms with Crippen LogP contribution in [0.25, 0.3) is 22.0 Å². The van der Waals surface area contributed by atoms with E-state index in [2.05, 4.69) is 16.9 Å². The van der Waals surface area contributed by atoms with Crippen molar-refractivity contribution in [2.45, 2.75) is 19.8 Å². The van der Waals surface area contributed by atoms with Crippen molar-refractivity contribution in [2.24, 2.45) is 0 Å². The van der Waals surface area contributed by atoms with Gasteiger partial charge in [-0.05, 0) is 36.3 Å². The van der Waals surface area contributed by atoms with Gasteiger partial charge in [0.1, 0.15) is 5.75 Å². The normalized spacial score (nSPS) is 11.5. The molecule has 3 rings (SSSR count). The highest BCUT2D eigenvalue weighted by Crippen LogP contribution is 2.30. The summed E-state index contributed by atoms with van der Waals surface area (Å²) in [7, 11) is 3.04. The smallest absolute Gasteiger partial charge is 0.259 e. The van der Waals surface area contributed by atoms with Gasteiger partial charge in [-0.3, -0.25) is 4.79 Å². The number of halogens is 1. The summed E-state index contributed by atoms with van der Waals surface area (Å²) in [4.78, 5) is 19.7. The van der Waals surface area contributed by atoms with Crippen LogP contribution in [0.2, 0.25) is 0 Å². The largest absolute Gasteiger partial charge is 0.494 e. The molecule has 6 nitrogen and oxygen atoms in total. The van der Waals surface area contributed by atoms with Gasteiger partial charge in [0.25, 0.3) is 5.56 Å². The molecule has 1 heterocycles. The second-order valence-electron chi connectivity index (χ2n) is 6.40. The van der Waals surface area contributed by atoms with Crippen LogP contribution in [0.15, 0.2) is 41.2 Å². The number of nitrogens with zero attached hydrogens (tertiary/aromatic N) is 1. The predicted molar refractivity (Wildman–Crippen MR) is 116 cm³/mol. The lowest BCUT2D eigenvalue weighted by molar-refractivity contribution is 0.309. The molecule has 0 bridgehead atoms. The second-order valence-corrected chi connectivity index (χ2v) is 6.81. The Morgan fingerprint density at radius 2 is 1.83 bits per heavy atom. The summed E-state index contributed by atoms with van der Waals surface area (Å²) in [6.07, 6.45) is 3.85. The van der Waals surface area contributed by atoms with Crippen molar-refractivity contribution in [3.05, 3.63) is 58.1 Å². The molecule has 7 heteroatoms. The number of hydrogen-bond donors (Lipinski definition) is 1. The van der Waals surface area contributed by atoms with E-state index >= 15 is 0 Å². The number of aromatic amines is 1. The van der Waals surface area contributed by atoms with E-state index in [-0.39, 0.29) is 11.4 Å². The zero-order valence-corrected chi connectivity index (χ0v) is 17.4. The van der Waals surface area contributed by atoms with Crippen molar-refractivity contribution in [3.63, 3.8) is 0 Å². The van der Waals surface area contributed by atoms with E-state index in [9.17, 15) is 4.79 Å². The summed E-state index contributed by atoms with van der Waals surface area (Å²) in [5, 5.41) is 0.711. The molecule has 0 unspecified atom stereocenters. The Labute approximate surface area is 174 Å². The summed E-state index contributed by atoms with van der Waals surface area (Å²) < 4.78 is 16.2. The first-order chi connectivity index (χ1) is 14.0. The summed E-state index contributed by atoms with van der Waals surface area (Å²) in [6, 6.07) is 10.8. The van der Waals surface area contributed by atoms with Crippen LogP contribution in [-0.4, -0.2) is 30.8 Å².